The quantitative estimate of drug-likeness (QED) is 0.788. The minimum Gasteiger partial charge on any atom is -0.486 e. The molecule has 0 aromatic heterocycles. The first kappa shape index (κ1) is 20.7. The zero-order valence-electron chi connectivity index (χ0n) is 17.1. The Morgan fingerprint density at radius 1 is 1.07 bits per heavy atom. The number of hydrogen-bond donors (Lipinski definition) is 1. The van der Waals surface area contributed by atoms with E-state index >= 15 is 0 Å². The molecule has 0 unspecified atom stereocenters. The molecule has 8 heteroatoms. The topological polar surface area (TPSA) is 84.9 Å². The third kappa shape index (κ3) is 4.15. The summed E-state index contributed by atoms with van der Waals surface area (Å²) in [6.45, 7) is 5.25. The molecule has 2 aliphatic rings. The van der Waals surface area contributed by atoms with Crippen molar-refractivity contribution in [1.29, 1.82) is 0 Å². The molecular weight excluding hydrogens is 404 g/mol. The second-order valence-electron chi connectivity index (χ2n) is 7.86. The van der Waals surface area contributed by atoms with Crippen molar-refractivity contribution in [2.45, 2.75) is 43.7 Å². The van der Waals surface area contributed by atoms with E-state index in [-0.39, 0.29) is 22.9 Å². The molecule has 160 valence electrons. The Hall–Kier alpha value is -2.58. The van der Waals surface area contributed by atoms with Gasteiger partial charge in [-0.3, -0.25) is 4.79 Å². The van der Waals surface area contributed by atoms with Gasteiger partial charge in [-0.05, 0) is 68.7 Å². The minimum atomic E-state index is -3.58. The average molecular weight is 431 g/mol. The molecule has 1 atom stereocenters. The highest BCUT2D eigenvalue weighted by atomic mass is 32.2. The van der Waals surface area contributed by atoms with E-state index in [0.717, 1.165) is 24.2 Å². The maximum Gasteiger partial charge on any atom is 0.254 e. The molecule has 7 nitrogen and oxygen atoms in total. The highest BCUT2D eigenvalue weighted by molar-refractivity contribution is 7.89. The van der Waals surface area contributed by atoms with E-state index in [1.54, 1.807) is 26.0 Å². The van der Waals surface area contributed by atoms with E-state index in [0.29, 0.717) is 31.1 Å². The van der Waals surface area contributed by atoms with Crippen molar-refractivity contribution in [3.63, 3.8) is 0 Å². The molecule has 0 aliphatic carbocycles. The average Bonchev–Trinajstić information content (AvgIpc) is 3.22. The van der Waals surface area contributed by atoms with Crippen LogP contribution in [0.2, 0.25) is 0 Å². The Morgan fingerprint density at radius 3 is 2.47 bits per heavy atom. The molecule has 1 fully saturated rings. The fourth-order valence-electron chi connectivity index (χ4n) is 3.94. The van der Waals surface area contributed by atoms with Gasteiger partial charge in [0.1, 0.15) is 13.2 Å². The summed E-state index contributed by atoms with van der Waals surface area (Å²) in [5.41, 5.74) is 1.49. The number of amides is 1. The van der Waals surface area contributed by atoms with Crippen LogP contribution in [0.1, 0.15) is 48.7 Å². The van der Waals surface area contributed by atoms with Crippen LogP contribution < -0.4 is 14.2 Å². The van der Waals surface area contributed by atoms with Gasteiger partial charge in [-0.15, -0.1) is 0 Å². The lowest BCUT2D eigenvalue weighted by atomic mass is 10.0. The van der Waals surface area contributed by atoms with Gasteiger partial charge in [-0.2, -0.15) is 0 Å². The Balaban J connectivity index is 1.54. The SMILES string of the molecule is CC(C)NS(=O)(=O)c1ccc(C(=O)N2CCC[C@H]2c2ccc3c(c2)OCCO3)cc1. The lowest BCUT2D eigenvalue weighted by Crippen LogP contribution is -2.31. The van der Waals surface area contributed by atoms with E-state index in [4.69, 9.17) is 9.47 Å². The first-order valence-electron chi connectivity index (χ1n) is 10.2. The smallest absolute Gasteiger partial charge is 0.254 e. The summed E-state index contributed by atoms with van der Waals surface area (Å²) in [5.74, 6) is 1.34. The Bertz CT molecular complexity index is 1030. The molecule has 1 N–H and O–H groups in total. The maximum atomic E-state index is 13.2. The molecule has 0 spiro atoms. The standard InChI is InChI=1S/C22H26N2O5S/c1-15(2)23-30(26,27)18-8-5-16(6-9-18)22(25)24-11-3-4-19(24)17-7-10-20-21(14-17)29-13-12-28-20/h5-10,14-15,19,23H,3-4,11-13H2,1-2H3/t19-/m0/s1. The van der Waals surface area contributed by atoms with Crippen molar-refractivity contribution < 1.29 is 22.7 Å². The summed E-state index contributed by atoms with van der Waals surface area (Å²) >= 11 is 0. The lowest BCUT2D eigenvalue weighted by molar-refractivity contribution is 0.0735. The van der Waals surface area contributed by atoms with E-state index in [1.807, 2.05) is 23.1 Å². The fourth-order valence-corrected chi connectivity index (χ4v) is 5.20. The number of benzene rings is 2. The van der Waals surface area contributed by atoms with Crippen molar-refractivity contribution in [2.24, 2.45) is 0 Å². The molecule has 30 heavy (non-hydrogen) atoms. The van der Waals surface area contributed by atoms with Crippen LogP contribution >= 0.6 is 0 Å². The Morgan fingerprint density at radius 2 is 1.77 bits per heavy atom. The number of sulfonamides is 1. The van der Waals surface area contributed by atoms with Crippen molar-refractivity contribution in [3.8, 4) is 11.5 Å². The third-order valence-corrected chi connectivity index (χ3v) is 6.94. The predicted molar refractivity (Wildman–Crippen MR) is 112 cm³/mol. The van der Waals surface area contributed by atoms with Crippen molar-refractivity contribution in [3.05, 3.63) is 53.6 Å². The van der Waals surface area contributed by atoms with Crippen LogP contribution in [0.25, 0.3) is 0 Å². The first-order chi connectivity index (χ1) is 14.3. The number of rotatable bonds is 5. The zero-order valence-corrected chi connectivity index (χ0v) is 17.9. The molecule has 4 rings (SSSR count). The van der Waals surface area contributed by atoms with Crippen LogP contribution in [-0.4, -0.2) is 45.0 Å². The summed E-state index contributed by atoms with van der Waals surface area (Å²) in [6.07, 6.45) is 1.78. The van der Waals surface area contributed by atoms with Gasteiger partial charge < -0.3 is 14.4 Å². The van der Waals surface area contributed by atoms with E-state index < -0.39 is 10.0 Å². The van der Waals surface area contributed by atoms with Crippen LogP contribution in [0.4, 0.5) is 0 Å². The second-order valence-corrected chi connectivity index (χ2v) is 9.57. The van der Waals surface area contributed by atoms with Gasteiger partial charge in [0.15, 0.2) is 11.5 Å². The van der Waals surface area contributed by atoms with Gasteiger partial charge in [-0.25, -0.2) is 13.1 Å². The molecule has 1 amide bonds. The van der Waals surface area contributed by atoms with Crippen LogP contribution in [0.15, 0.2) is 47.4 Å². The monoisotopic (exact) mass is 430 g/mol. The van der Waals surface area contributed by atoms with Gasteiger partial charge in [-0.1, -0.05) is 6.07 Å². The number of ether oxygens (including phenoxy) is 2. The highest BCUT2D eigenvalue weighted by Crippen LogP contribution is 2.38. The van der Waals surface area contributed by atoms with Crippen LogP contribution in [0.3, 0.4) is 0 Å². The molecule has 2 aromatic rings. The fraction of sp³-hybridized carbons (Fsp3) is 0.409. The molecular formula is C22H26N2O5S. The highest BCUT2D eigenvalue weighted by Gasteiger charge is 2.31. The molecule has 2 heterocycles. The van der Waals surface area contributed by atoms with Crippen molar-refractivity contribution in [2.75, 3.05) is 19.8 Å². The number of fused-ring (bicyclic) bond motifs is 1. The summed E-state index contributed by atoms with van der Waals surface area (Å²) in [5, 5.41) is 0. The van der Waals surface area contributed by atoms with Crippen molar-refractivity contribution >= 4 is 15.9 Å². The lowest BCUT2D eigenvalue weighted by Gasteiger charge is -2.27. The number of carbonyl (C=O) groups excluding carboxylic acids is 1. The third-order valence-electron chi connectivity index (χ3n) is 5.27. The number of nitrogens with one attached hydrogen (secondary N) is 1. The predicted octanol–water partition coefficient (Wildman–Crippen LogP) is 3.12. The molecule has 0 saturated carbocycles. The zero-order chi connectivity index (χ0) is 21.3. The summed E-state index contributed by atoms with van der Waals surface area (Å²) < 4.78 is 38.4. The Kier molecular flexibility index (Phi) is 5.71. The summed E-state index contributed by atoms with van der Waals surface area (Å²) in [4.78, 5) is 15.2. The molecule has 2 aromatic carbocycles. The number of carbonyl (C=O) groups is 1. The number of nitrogens with zero attached hydrogens (tertiary/aromatic N) is 1. The summed E-state index contributed by atoms with van der Waals surface area (Å²) in [6, 6.07) is 11.7. The molecule has 1 saturated heterocycles. The largest absolute Gasteiger partial charge is 0.486 e. The number of hydrogen-bond acceptors (Lipinski definition) is 5. The van der Waals surface area contributed by atoms with Gasteiger partial charge >= 0.3 is 0 Å². The van der Waals surface area contributed by atoms with Gasteiger partial charge in [0.2, 0.25) is 10.0 Å². The van der Waals surface area contributed by atoms with E-state index in [2.05, 4.69) is 4.72 Å². The van der Waals surface area contributed by atoms with Gasteiger partial charge in [0, 0.05) is 18.2 Å². The molecule has 2 aliphatic heterocycles. The van der Waals surface area contributed by atoms with Gasteiger partial charge in [0.05, 0.1) is 10.9 Å². The van der Waals surface area contributed by atoms with Crippen molar-refractivity contribution in [1.82, 2.24) is 9.62 Å². The van der Waals surface area contributed by atoms with Crippen LogP contribution in [-0.2, 0) is 10.0 Å². The second kappa shape index (κ2) is 8.28. The maximum absolute atomic E-state index is 13.2. The number of likely N-dealkylation sites (tertiary alicyclic amines) is 1. The summed E-state index contributed by atoms with van der Waals surface area (Å²) in [7, 11) is -3.58. The first-order valence-corrected chi connectivity index (χ1v) is 11.7. The minimum absolute atomic E-state index is 0.0423. The van der Waals surface area contributed by atoms with E-state index in [9.17, 15) is 13.2 Å². The molecule has 0 bridgehead atoms. The van der Waals surface area contributed by atoms with E-state index in [1.165, 1.54) is 12.1 Å². The van der Waals surface area contributed by atoms with Crippen LogP contribution in [0, 0.1) is 0 Å². The van der Waals surface area contributed by atoms with Crippen LogP contribution in [0.5, 0.6) is 11.5 Å². The van der Waals surface area contributed by atoms with Gasteiger partial charge in [0.25, 0.3) is 5.91 Å². The Labute approximate surface area is 177 Å². The molecule has 0 radical (unpaired) electrons. The normalized spacial score (nSPS) is 18.6.